The fraction of sp³-hybridized carbons (Fsp3) is 0.833. The van der Waals surface area contributed by atoms with Crippen molar-refractivity contribution in [2.24, 2.45) is 0 Å². The molecule has 3 rings (SSSR count). The smallest absolute Gasteiger partial charge is 0.317 e. The topological polar surface area (TPSA) is 66.3 Å². The van der Waals surface area contributed by atoms with Gasteiger partial charge in [0.05, 0.1) is 6.54 Å². The Labute approximate surface area is 150 Å². The van der Waals surface area contributed by atoms with Crippen molar-refractivity contribution in [3.63, 3.8) is 0 Å². The van der Waals surface area contributed by atoms with Gasteiger partial charge in [-0.1, -0.05) is 6.92 Å². The third kappa shape index (κ3) is 4.32. The number of hydrogen-bond acceptors (Lipinski definition) is 4. The molecule has 0 saturated carbocycles. The van der Waals surface area contributed by atoms with Crippen LogP contribution in [0.2, 0.25) is 0 Å². The highest BCUT2D eigenvalue weighted by atomic mass is 16.2. The van der Waals surface area contributed by atoms with E-state index in [4.69, 9.17) is 0 Å². The number of amides is 2. The molecule has 0 atom stereocenters. The van der Waals surface area contributed by atoms with E-state index >= 15 is 0 Å². The van der Waals surface area contributed by atoms with E-state index < -0.39 is 0 Å². The molecule has 25 heavy (non-hydrogen) atoms. The van der Waals surface area contributed by atoms with E-state index in [-0.39, 0.29) is 6.03 Å². The molecular formula is C18H32N6O. The molecule has 3 heterocycles. The molecule has 1 aromatic rings. The highest BCUT2D eigenvalue weighted by molar-refractivity contribution is 5.74. The Bertz CT molecular complexity index is 558. The number of nitrogens with one attached hydrogen (secondary N) is 1. The van der Waals surface area contributed by atoms with Gasteiger partial charge in [-0.25, -0.2) is 4.79 Å². The van der Waals surface area contributed by atoms with E-state index in [0.29, 0.717) is 5.92 Å². The molecule has 7 nitrogen and oxygen atoms in total. The lowest BCUT2D eigenvalue weighted by Crippen LogP contribution is -2.44. The van der Waals surface area contributed by atoms with Crippen molar-refractivity contribution in [3.05, 3.63) is 11.6 Å². The van der Waals surface area contributed by atoms with Crippen molar-refractivity contribution in [2.75, 3.05) is 32.7 Å². The van der Waals surface area contributed by atoms with E-state index in [1.54, 1.807) is 0 Å². The maximum atomic E-state index is 12.1. The summed E-state index contributed by atoms with van der Waals surface area (Å²) in [6, 6.07) is 0.0759. The number of likely N-dealkylation sites (tertiary alicyclic amines) is 2. The Kier molecular flexibility index (Phi) is 6.29. The van der Waals surface area contributed by atoms with Gasteiger partial charge in [-0.05, 0) is 52.1 Å². The van der Waals surface area contributed by atoms with Gasteiger partial charge in [-0.2, -0.15) is 0 Å². The lowest BCUT2D eigenvalue weighted by molar-refractivity contribution is 0.180. The minimum atomic E-state index is 0.0759. The number of rotatable bonds is 6. The number of aromatic nitrogens is 3. The maximum Gasteiger partial charge on any atom is 0.317 e. The van der Waals surface area contributed by atoms with Gasteiger partial charge in [0.1, 0.15) is 11.6 Å². The minimum Gasteiger partial charge on any atom is -0.338 e. The summed E-state index contributed by atoms with van der Waals surface area (Å²) in [4.78, 5) is 16.5. The quantitative estimate of drug-likeness (QED) is 0.856. The zero-order valence-corrected chi connectivity index (χ0v) is 15.7. The minimum absolute atomic E-state index is 0.0759. The first-order valence-corrected chi connectivity index (χ1v) is 9.90. The van der Waals surface area contributed by atoms with Crippen molar-refractivity contribution >= 4 is 6.03 Å². The van der Waals surface area contributed by atoms with E-state index in [9.17, 15) is 4.79 Å². The van der Waals surface area contributed by atoms with Crippen LogP contribution in [0.3, 0.4) is 0 Å². The van der Waals surface area contributed by atoms with Gasteiger partial charge in [-0.3, -0.25) is 4.90 Å². The lowest BCUT2D eigenvalue weighted by Gasteiger charge is -2.31. The highest BCUT2D eigenvalue weighted by Gasteiger charge is 2.28. The standard InChI is InChI=1S/C18H32N6O/c1-3-9-19-18(25)23-12-7-15(8-13-23)17-21-20-16(24(17)4-2)14-22-10-5-6-11-22/h15H,3-14H2,1-2H3,(H,19,25). The summed E-state index contributed by atoms with van der Waals surface area (Å²) in [6.45, 7) is 10.8. The predicted octanol–water partition coefficient (Wildman–Crippen LogP) is 2.19. The van der Waals surface area contributed by atoms with Crippen LogP contribution in [-0.2, 0) is 13.1 Å². The molecule has 2 amide bonds. The summed E-state index contributed by atoms with van der Waals surface area (Å²) in [5.41, 5.74) is 0. The fourth-order valence-corrected chi connectivity index (χ4v) is 3.94. The van der Waals surface area contributed by atoms with E-state index in [2.05, 4.69) is 38.8 Å². The number of carbonyl (C=O) groups excluding carboxylic acids is 1. The molecular weight excluding hydrogens is 316 g/mol. The molecule has 2 saturated heterocycles. The van der Waals surface area contributed by atoms with E-state index in [1.807, 2.05) is 4.90 Å². The Morgan fingerprint density at radius 1 is 1.12 bits per heavy atom. The van der Waals surface area contributed by atoms with Gasteiger partial charge in [0, 0.05) is 32.1 Å². The monoisotopic (exact) mass is 348 g/mol. The zero-order valence-electron chi connectivity index (χ0n) is 15.7. The van der Waals surface area contributed by atoms with E-state index in [1.165, 1.54) is 25.9 Å². The van der Waals surface area contributed by atoms with Gasteiger partial charge in [0.25, 0.3) is 0 Å². The third-order valence-electron chi connectivity index (χ3n) is 5.41. The molecule has 2 aliphatic heterocycles. The number of urea groups is 1. The van der Waals surface area contributed by atoms with Crippen molar-refractivity contribution < 1.29 is 4.79 Å². The van der Waals surface area contributed by atoms with Crippen LogP contribution in [0, 0.1) is 0 Å². The molecule has 0 bridgehead atoms. The van der Waals surface area contributed by atoms with Crippen LogP contribution in [-0.4, -0.2) is 63.3 Å². The summed E-state index contributed by atoms with van der Waals surface area (Å²) < 4.78 is 2.30. The van der Waals surface area contributed by atoms with E-state index in [0.717, 1.165) is 63.6 Å². The van der Waals surface area contributed by atoms with Crippen LogP contribution in [0.4, 0.5) is 4.79 Å². The number of piperidine rings is 1. The number of hydrogen-bond donors (Lipinski definition) is 1. The van der Waals surface area contributed by atoms with Gasteiger partial charge in [0.2, 0.25) is 0 Å². The molecule has 2 aliphatic rings. The van der Waals surface area contributed by atoms with Crippen molar-refractivity contribution in [2.45, 2.75) is 65.0 Å². The summed E-state index contributed by atoms with van der Waals surface area (Å²) in [5, 5.41) is 12.0. The lowest BCUT2D eigenvalue weighted by atomic mass is 9.96. The van der Waals surface area contributed by atoms with Crippen LogP contribution in [0.25, 0.3) is 0 Å². The van der Waals surface area contributed by atoms with Crippen molar-refractivity contribution in [1.82, 2.24) is 29.9 Å². The number of nitrogens with zero attached hydrogens (tertiary/aromatic N) is 5. The molecule has 0 aliphatic carbocycles. The van der Waals surface area contributed by atoms with Gasteiger partial charge >= 0.3 is 6.03 Å². The summed E-state index contributed by atoms with van der Waals surface area (Å²) in [6.07, 6.45) is 5.52. The first-order chi connectivity index (χ1) is 12.2. The second kappa shape index (κ2) is 8.65. The molecule has 1 N–H and O–H groups in total. The first-order valence-electron chi connectivity index (χ1n) is 9.90. The molecule has 7 heteroatoms. The molecule has 140 valence electrons. The van der Waals surface area contributed by atoms with Crippen LogP contribution in [0.1, 0.15) is 63.5 Å². The second-order valence-corrected chi connectivity index (χ2v) is 7.20. The van der Waals surface area contributed by atoms with Crippen LogP contribution < -0.4 is 5.32 Å². The average molecular weight is 348 g/mol. The predicted molar refractivity (Wildman–Crippen MR) is 97.4 cm³/mol. The molecule has 0 radical (unpaired) electrons. The fourth-order valence-electron chi connectivity index (χ4n) is 3.94. The first kappa shape index (κ1) is 18.2. The van der Waals surface area contributed by atoms with Crippen LogP contribution in [0.15, 0.2) is 0 Å². The van der Waals surface area contributed by atoms with Crippen molar-refractivity contribution in [3.8, 4) is 0 Å². The summed E-state index contributed by atoms with van der Waals surface area (Å²) in [5.74, 6) is 2.63. The average Bonchev–Trinajstić information content (AvgIpc) is 3.29. The van der Waals surface area contributed by atoms with Gasteiger partial charge in [-0.15, -0.1) is 10.2 Å². The molecule has 0 spiro atoms. The maximum absolute atomic E-state index is 12.1. The molecule has 0 unspecified atom stereocenters. The number of carbonyl (C=O) groups is 1. The van der Waals surface area contributed by atoms with Crippen LogP contribution in [0.5, 0.6) is 0 Å². The van der Waals surface area contributed by atoms with Crippen molar-refractivity contribution in [1.29, 1.82) is 0 Å². The van der Waals surface area contributed by atoms with Gasteiger partial charge < -0.3 is 14.8 Å². The SMILES string of the molecule is CCCNC(=O)N1CCC(c2nnc(CN3CCCC3)n2CC)CC1. The molecule has 1 aromatic heterocycles. The highest BCUT2D eigenvalue weighted by Crippen LogP contribution is 2.27. The Morgan fingerprint density at radius 3 is 2.48 bits per heavy atom. The molecule has 0 aromatic carbocycles. The Morgan fingerprint density at radius 2 is 1.84 bits per heavy atom. The third-order valence-corrected chi connectivity index (χ3v) is 5.41. The normalized spacial score (nSPS) is 19.5. The summed E-state index contributed by atoms with van der Waals surface area (Å²) in [7, 11) is 0. The zero-order chi connectivity index (χ0) is 17.6. The Hall–Kier alpha value is -1.63. The molecule has 2 fully saturated rings. The Balaban J connectivity index is 1.59. The van der Waals surface area contributed by atoms with Gasteiger partial charge in [0.15, 0.2) is 0 Å². The summed E-state index contributed by atoms with van der Waals surface area (Å²) >= 11 is 0. The second-order valence-electron chi connectivity index (χ2n) is 7.20. The van der Waals surface area contributed by atoms with Crippen LogP contribution >= 0.6 is 0 Å². The largest absolute Gasteiger partial charge is 0.338 e.